The summed E-state index contributed by atoms with van der Waals surface area (Å²) in [6.07, 6.45) is -7.67. The van der Waals surface area contributed by atoms with E-state index in [1.165, 1.54) is 40.2 Å². The third-order valence-corrected chi connectivity index (χ3v) is 11.3. The smallest absolute Gasteiger partial charge is 0.386 e. The SMILES string of the molecule is Nc1ncnc2c1ncn2[C@@H]1O[C@@H]2COP(O)(=S)O[C@@H]3C(O)[C@H](n4cnc5cc(Cl)c(Cl)cc54)O[C@@H]3COP(=O)(S)OC2[C@@H]1F. The summed E-state index contributed by atoms with van der Waals surface area (Å²) in [5, 5.41) is 11.8. The molecule has 3 aromatic heterocycles. The Bertz CT molecular complexity index is 1890. The van der Waals surface area contributed by atoms with Crippen LogP contribution in [0.1, 0.15) is 12.5 Å². The van der Waals surface area contributed by atoms with Crippen molar-refractivity contribution in [2.24, 2.45) is 0 Å². The third kappa shape index (κ3) is 5.91. The van der Waals surface area contributed by atoms with Gasteiger partial charge in [0.15, 0.2) is 30.1 Å². The summed E-state index contributed by atoms with van der Waals surface area (Å²) in [6.45, 7) is -9.62. The van der Waals surface area contributed by atoms with E-state index >= 15 is 4.39 Å². The average molecular weight is 744 g/mol. The van der Waals surface area contributed by atoms with Crippen molar-refractivity contribution in [3.8, 4) is 0 Å². The van der Waals surface area contributed by atoms with Gasteiger partial charge in [0.05, 0.1) is 46.9 Å². The number of hydrogen-bond donors (Lipinski definition) is 4. The highest BCUT2D eigenvalue weighted by Gasteiger charge is 2.53. The lowest BCUT2D eigenvalue weighted by Gasteiger charge is -2.29. The van der Waals surface area contributed by atoms with Gasteiger partial charge in [-0.25, -0.2) is 28.9 Å². The van der Waals surface area contributed by atoms with Crippen LogP contribution in [-0.4, -0.2) is 89.0 Å². The van der Waals surface area contributed by atoms with Crippen molar-refractivity contribution < 1.29 is 46.5 Å². The summed E-state index contributed by atoms with van der Waals surface area (Å²) in [5.74, 6) is 0.0659. The van der Waals surface area contributed by atoms with Gasteiger partial charge in [0, 0.05) is 0 Å². The number of nitrogens with zero attached hydrogens (tertiary/aromatic N) is 6. The summed E-state index contributed by atoms with van der Waals surface area (Å²) in [6, 6.07) is 3.07. The highest BCUT2D eigenvalue weighted by atomic mass is 35.5. The Balaban J connectivity index is 1.16. The van der Waals surface area contributed by atoms with E-state index < -0.39 is 75.9 Å². The molecular weight excluding hydrogens is 722 g/mol. The molecule has 23 heteroatoms. The summed E-state index contributed by atoms with van der Waals surface area (Å²) < 4.78 is 66.3. The molecule has 3 saturated heterocycles. The molecule has 4 N–H and O–H groups in total. The number of aliphatic hydroxyl groups excluding tert-OH is 1. The molecule has 45 heavy (non-hydrogen) atoms. The number of rotatable bonds is 2. The minimum atomic E-state index is -4.34. The molecule has 3 fully saturated rings. The van der Waals surface area contributed by atoms with Gasteiger partial charge >= 0.3 is 13.5 Å². The van der Waals surface area contributed by atoms with Crippen LogP contribution in [0.25, 0.3) is 22.2 Å². The van der Waals surface area contributed by atoms with E-state index in [2.05, 4.69) is 32.2 Å². The predicted octanol–water partition coefficient (Wildman–Crippen LogP) is 3.33. The number of hydrogen-bond acceptors (Lipinski definition) is 14. The molecular formula is C22H22Cl2FN7O9P2S2. The van der Waals surface area contributed by atoms with Gasteiger partial charge in [0.2, 0.25) is 0 Å². The number of thiol groups is 1. The van der Waals surface area contributed by atoms with Crippen molar-refractivity contribution in [2.75, 3.05) is 18.9 Å². The second kappa shape index (κ2) is 11.9. The lowest BCUT2D eigenvalue weighted by molar-refractivity contribution is -0.0569. The molecule has 0 spiro atoms. The monoisotopic (exact) mass is 743 g/mol. The van der Waals surface area contributed by atoms with Crippen LogP contribution < -0.4 is 5.73 Å². The van der Waals surface area contributed by atoms with Crippen LogP contribution in [0.4, 0.5) is 10.2 Å². The second-order valence-electron chi connectivity index (χ2n) is 10.2. The van der Waals surface area contributed by atoms with E-state index in [1.54, 1.807) is 0 Å². The van der Waals surface area contributed by atoms with Gasteiger partial charge < -0.3 is 34.3 Å². The first-order valence-electron chi connectivity index (χ1n) is 13.0. The molecule has 16 nitrogen and oxygen atoms in total. The Morgan fingerprint density at radius 3 is 2.49 bits per heavy atom. The lowest BCUT2D eigenvalue weighted by Crippen LogP contribution is -2.38. The molecule has 0 amide bonds. The quantitative estimate of drug-likeness (QED) is 0.172. The van der Waals surface area contributed by atoms with E-state index in [0.717, 1.165) is 0 Å². The van der Waals surface area contributed by atoms with Crippen molar-refractivity contribution in [1.82, 2.24) is 29.1 Å². The summed E-state index contributed by atoms with van der Waals surface area (Å²) in [5.41, 5.74) is 7.14. The molecule has 0 aliphatic carbocycles. The number of halogens is 3. The molecule has 10 atom stereocenters. The largest absolute Gasteiger partial charge is 0.386 e. The number of benzene rings is 1. The van der Waals surface area contributed by atoms with Crippen LogP contribution >= 0.6 is 49.0 Å². The number of aromatic nitrogens is 6. The van der Waals surface area contributed by atoms with Crippen molar-refractivity contribution in [2.45, 2.75) is 49.1 Å². The molecule has 0 bridgehead atoms. The Morgan fingerprint density at radius 2 is 1.69 bits per heavy atom. The van der Waals surface area contributed by atoms with E-state index in [0.29, 0.717) is 11.0 Å². The van der Waals surface area contributed by atoms with Gasteiger partial charge in [-0.15, -0.1) is 0 Å². The van der Waals surface area contributed by atoms with Gasteiger partial charge in [0.25, 0.3) is 0 Å². The van der Waals surface area contributed by atoms with Crippen LogP contribution in [0.3, 0.4) is 0 Å². The topological polar surface area (TPSA) is 200 Å². The van der Waals surface area contributed by atoms with E-state index in [-0.39, 0.29) is 27.0 Å². The summed E-state index contributed by atoms with van der Waals surface area (Å²) >= 11 is 21.6. The molecule has 3 aliphatic rings. The zero-order chi connectivity index (χ0) is 31.8. The maximum Gasteiger partial charge on any atom is 0.386 e. The number of alkyl halides is 1. The van der Waals surface area contributed by atoms with Gasteiger partial charge in [-0.1, -0.05) is 35.5 Å². The number of imidazole rings is 2. The first-order chi connectivity index (χ1) is 21.3. The van der Waals surface area contributed by atoms with Crippen LogP contribution in [0.5, 0.6) is 0 Å². The Morgan fingerprint density at radius 1 is 1.00 bits per heavy atom. The zero-order valence-corrected chi connectivity index (χ0v) is 27.3. The number of aliphatic hydroxyl groups is 1. The predicted molar refractivity (Wildman–Crippen MR) is 163 cm³/mol. The molecule has 4 unspecified atom stereocenters. The van der Waals surface area contributed by atoms with Crippen molar-refractivity contribution in [3.05, 3.63) is 41.2 Å². The zero-order valence-electron chi connectivity index (χ0n) is 22.3. The summed E-state index contributed by atoms with van der Waals surface area (Å²) in [4.78, 5) is 27.4. The van der Waals surface area contributed by atoms with E-state index in [1.807, 2.05) is 0 Å². The Labute approximate surface area is 272 Å². The Kier molecular flexibility index (Phi) is 8.44. The number of nitrogens with two attached hydrogens (primary N) is 1. The fourth-order valence-electron chi connectivity index (χ4n) is 5.38. The van der Waals surface area contributed by atoms with E-state index in [4.69, 9.17) is 68.3 Å². The number of fused-ring (bicyclic) bond motifs is 4. The van der Waals surface area contributed by atoms with Crippen LogP contribution in [0.2, 0.25) is 10.0 Å². The lowest BCUT2D eigenvalue weighted by atomic mass is 10.1. The minimum Gasteiger partial charge on any atom is -0.386 e. The third-order valence-electron chi connectivity index (χ3n) is 7.44. The van der Waals surface area contributed by atoms with Gasteiger partial charge in [-0.2, -0.15) is 0 Å². The fraction of sp³-hybridized carbons (Fsp3) is 0.455. The first-order valence-corrected chi connectivity index (χ1v) is 19.1. The van der Waals surface area contributed by atoms with Crippen molar-refractivity contribution >= 4 is 88.8 Å². The Hall–Kier alpha value is -1.54. The normalized spacial score (nSPS) is 37.7. The molecule has 7 rings (SSSR count). The molecule has 4 aromatic rings. The van der Waals surface area contributed by atoms with Gasteiger partial charge in [0.1, 0.15) is 42.4 Å². The maximum atomic E-state index is 16.0. The van der Waals surface area contributed by atoms with Crippen LogP contribution in [-0.2, 0) is 43.9 Å². The standard InChI is InChI=1S/C22H22Cl2FN7O9P2S2/c23-8-1-10-11(2-9(8)24)31(6-29-10)22-16(33)18-13(39-22)4-37-42(34,44)40-17-12(3-36-43(35,45)41-18)38-21(14(17)25)32-7-30-15-19(26)27-5-28-20(15)32/h1-2,5-7,12-14,16-18,21-22,33H,3-4H2,(H,34,44)(H,35,45)(H2,26,27,28)/t12-,13-,14+,16?,17?,18+,21-,22-,42?,43?/m1/s1. The molecule has 6 heterocycles. The molecule has 0 saturated carbocycles. The van der Waals surface area contributed by atoms with Crippen LogP contribution in [0, 0.1) is 0 Å². The number of nitrogen functional groups attached to an aromatic ring is 1. The van der Waals surface area contributed by atoms with Gasteiger partial charge in [-0.3, -0.25) is 18.1 Å². The van der Waals surface area contributed by atoms with Crippen molar-refractivity contribution in [3.63, 3.8) is 0 Å². The number of ether oxygens (including phenoxy) is 2. The average Bonchev–Trinajstić information content (AvgIpc) is 3.73. The van der Waals surface area contributed by atoms with Crippen molar-refractivity contribution in [1.29, 1.82) is 0 Å². The highest BCUT2D eigenvalue weighted by Crippen LogP contribution is 2.58. The maximum absolute atomic E-state index is 16.0. The molecule has 242 valence electrons. The molecule has 3 aliphatic heterocycles. The molecule has 1 aromatic carbocycles. The minimum absolute atomic E-state index is 0.0659. The number of anilines is 1. The second-order valence-corrected chi connectivity index (χ2v) is 16.7. The van der Waals surface area contributed by atoms with Crippen LogP contribution in [0.15, 0.2) is 31.1 Å². The first kappa shape index (κ1) is 32.0. The summed E-state index contributed by atoms with van der Waals surface area (Å²) in [7, 11) is 0. The highest BCUT2D eigenvalue weighted by molar-refractivity contribution is 8.44. The van der Waals surface area contributed by atoms with E-state index in [9.17, 15) is 14.6 Å². The van der Waals surface area contributed by atoms with Gasteiger partial charge in [-0.05, 0) is 23.9 Å². The fourth-order valence-corrected chi connectivity index (χ4v) is 8.62. The molecule has 0 radical (unpaired) electrons.